The third-order valence-corrected chi connectivity index (χ3v) is 5.62. The van der Waals surface area contributed by atoms with Crippen molar-refractivity contribution in [3.05, 3.63) is 65.7 Å². The first-order valence-corrected chi connectivity index (χ1v) is 9.12. The number of amides is 1. The molecule has 1 N–H and O–H groups in total. The molecule has 0 aliphatic heterocycles. The van der Waals surface area contributed by atoms with Crippen LogP contribution in [0.15, 0.2) is 59.5 Å². The lowest BCUT2D eigenvalue weighted by Crippen LogP contribution is -2.28. The number of nitrogens with zero attached hydrogens (tertiary/aromatic N) is 1. The van der Waals surface area contributed by atoms with E-state index < -0.39 is 10.0 Å². The second-order valence-corrected chi connectivity index (χ2v) is 7.99. The third-order valence-electron chi connectivity index (χ3n) is 3.81. The van der Waals surface area contributed by atoms with E-state index in [1.807, 2.05) is 37.3 Å². The van der Waals surface area contributed by atoms with Gasteiger partial charge in [0.05, 0.1) is 4.90 Å². The summed E-state index contributed by atoms with van der Waals surface area (Å²) in [6.45, 7) is 2.51. The molecule has 0 unspecified atom stereocenters. The Hall–Kier alpha value is -2.18. The van der Waals surface area contributed by atoms with Gasteiger partial charge in [-0.05, 0) is 29.7 Å². The van der Waals surface area contributed by atoms with Gasteiger partial charge in [0.25, 0.3) is 5.91 Å². The number of sulfonamides is 1. The molecule has 0 bridgehead atoms. The summed E-state index contributed by atoms with van der Waals surface area (Å²) in [6.07, 6.45) is 0. The van der Waals surface area contributed by atoms with E-state index in [2.05, 4.69) is 5.32 Å². The highest BCUT2D eigenvalue weighted by Crippen LogP contribution is 2.16. The Bertz CT molecular complexity index is 802. The van der Waals surface area contributed by atoms with Crippen LogP contribution in [-0.2, 0) is 10.0 Å². The van der Waals surface area contributed by atoms with Crippen molar-refractivity contribution < 1.29 is 13.2 Å². The van der Waals surface area contributed by atoms with Gasteiger partial charge in [0.2, 0.25) is 10.0 Å². The largest absolute Gasteiger partial charge is 0.351 e. The Balaban J connectivity index is 2.08. The van der Waals surface area contributed by atoms with E-state index in [0.29, 0.717) is 12.1 Å². The number of carbonyl (C=O) groups excluding carboxylic acids is 1. The molecule has 0 radical (unpaired) electrons. The van der Waals surface area contributed by atoms with E-state index >= 15 is 0 Å². The third kappa shape index (κ3) is 4.21. The maximum absolute atomic E-state index is 12.3. The van der Waals surface area contributed by atoms with Crippen molar-refractivity contribution >= 4 is 15.9 Å². The van der Waals surface area contributed by atoms with E-state index in [0.717, 1.165) is 9.87 Å². The van der Waals surface area contributed by atoms with E-state index in [9.17, 15) is 13.2 Å². The zero-order valence-corrected chi connectivity index (χ0v) is 14.9. The molecule has 1 amide bonds. The van der Waals surface area contributed by atoms with Crippen LogP contribution in [0, 0.1) is 0 Å². The summed E-state index contributed by atoms with van der Waals surface area (Å²) < 4.78 is 25.4. The van der Waals surface area contributed by atoms with Crippen molar-refractivity contribution in [3.63, 3.8) is 0 Å². The van der Waals surface area contributed by atoms with Crippen molar-refractivity contribution in [2.45, 2.75) is 17.7 Å². The lowest BCUT2D eigenvalue weighted by molar-refractivity contribution is 0.0951. The van der Waals surface area contributed by atoms with Crippen molar-refractivity contribution in [2.75, 3.05) is 20.6 Å². The van der Waals surface area contributed by atoms with Gasteiger partial charge in [-0.1, -0.05) is 43.3 Å². The zero-order chi connectivity index (χ0) is 17.7. The van der Waals surface area contributed by atoms with Crippen LogP contribution in [0.25, 0.3) is 0 Å². The van der Waals surface area contributed by atoms with Crippen LogP contribution in [0.2, 0.25) is 0 Å². The molecule has 0 aliphatic rings. The molecule has 128 valence electrons. The van der Waals surface area contributed by atoms with E-state index in [4.69, 9.17) is 0 Å². The molecule has 2 aromatic rings. The molecule has 24 heavy (non-hydrogen) atoms. The first-order chi connectivity index (χ1) is 11.3. The van der Waals surface area contributed by atoms with E-state index in [1.165, 1.54) is 26.2 Å². The van der Waals surface area contributed by atoms with Crippen LogP contribution in [0.1, 0.15) is 28.8 Å². The van der Waals surface area contributed by atoms with Gasteiger partial charge in [0.15, 0.2) is 0 Å². The fraction of sp³-hybridized carbons (Fsp3) is 0.278. The van der Waals surface area contributed by atoms with Crippen LogP contribution in [0.3, 0.4) is 0 Å². The molecule has 0 aromatic heterocycles. The van der Waals surface area contributed by atoms with Crippen molar-refractivity contribution in [2.24, 2.45) is 0 Å². The highest BCUT2D eigenvalue weighted by molar-refractivity contribution is 7.89. The van der Waals surface area contributed by atoms with Gasteiger partial charge in [-0.2, -0.15) is 0 Å². The van der Waals surface area contributed by atoms with Crippen molar-refractivity contribution in [1.82, 2.24) is 9.62 Å². The Morgan fingerprint density at radius 2 is 1.75 bits per heavy atom. The molecular weight excluding hydrogens is 324 g/mol. The van der Waals surface area contributed by atoms with E-state index in [1.54, 1.807) is 12.1 Å². The highest BCUT2D eigenvalue weighted by atomic mass is 32.2. The average Bonchev–Trinajstić information content (AvgIpc) is 2.60. The maximum atomic E-state index is 12.3. The van der Waals surface area contributed by atoms with Crippen LogP contribution in [0.5, 0.6) is 0 Å². The first kappa shape index (κ1) is 18.2. The van der Waals surface area contributed by atoms with E-state index in [-0.39, 0.29) is 16.7 Å². The topological polar surface area (TPSA) is 66.5 Å². The maximum Gasteiger partial charge on any atom is 0.251 e. The minimum absolute atomic E-state index is 0.108. The van der Waals surface area contributed by atoms with Gasteiger partial charge in [-0.15, -0.1) is 0 Å². The van der Waals surface area contributed by atoms with Crippen LogP contribution in [0.4, 0.5) is 0 Å². The number of nitrogens with one attached hydrogen (secondary N) is 1. The molecule has 0 fully saturated rings. The van der Waals surface area contributed by atoms with Crippen molar-refractivity contribution in [1.29, 1.82) is 0 Å². The molecule has 2 aromatic carbocycles. The summed E-state index contributed by atoms with van der Waals surface area (Å²) in [7, 11) is -0.630. The normalized spacial score (nSPS) is 12.8. The Morgan fingerprint density at radius 1 is 1.08 bits per heavy atom. The van der Waals surface area contributed by atoms with Gasteiger partial charge in [-0.3, -0.25) is 4.79 Å². The summed E-state index contributed by atoms with van der Waals surface area (Å²) in [5.74, 6) is -0.113. The van der Waals surface area contributed by atoms with Gasteiger partial charge in [-0.25, -0.2) is 12.7 Å². The second kappa shape index (κ2) is 7.59. The number of hydrogen-bond acceptors (Lipinski definition) is 3. The number of carbonyl (C=O) groups is 1. The molecule has 0 saturated heterocycles. The van der Waals surface area contributed by atoms with Crippen LogP contribution < -0.4 is 5.32 Å². The minimum Gasteiger partial charge on any atom is -0.351 e. The number of benzene rings is 2. The fourth-order valence-electron chi connectivity index (χ4n) is 2.26. The summed E-state index contributed by atoms with van der Waals surface area (Å²) >= 11 is 0. The smallest absolute Gasteiger partial charge is 0.251 e. The SMILES string of the molecule is C[C@@H](CNC(=O)c1cccc(S(=O)(=O)N(C)C)c1)c1ccccc1. The fourth-order valence-corrected chi connectivity index (χ4v) is 3.20. The quantitative estimate of drug-likeness (QED) is 0.874. The summed E-state index contributed by atoms with van der Waals surface area (Å²) in [5.41, 5.74) is 1.47. The van der Waals surface area contributed by atoms with Gasteiger partial charge in [0.1, 0.15) is 0 Å². The Labute approximate surface area is 143 Å². The Morgan fingerprint density at radius 3 is 2.38 bits per heavy atom. The average molecular weight is 346 g/mol. The number of hydrogen-bond donors (Lipinski definition) is 1. The predicted octanol–water partition coefficient (Wildman–Crippen LogP) is 2.47. The molecular formula is C18H22N2O3S. The summed E-state index contributed by atoms with van der Waals surface area (Å²) in [5, 5.41) is 2.86. The number of rotatable bonds is 6. The van der Waals surface area contributed by atoms with Crippen LogP contribution >= 0.6 is 0 Å². The molecule has 0 heterocycles. The second-order valence-electron chi connectivity index (χ2n) is 5.84. The molecule has 2 rings (SSSR count). The molecule has 0 aliphatic carbocycles. The monoisotopic (exact) mass is 346 g/mol. The van der Waals surface area contributed by atoms with Gasteiger partial charge in [0, 0.05) is 26.2 Å². The Kier molecular flexibility index (Phi) is 5.75. The molecule has 5 nitrogen and oxygen atoms in total. The zero-order valence-electron chi connectivity index (χ0n) is 14.1. The lowest BCUT2D eigenvalue weighted by atomic mass is 10.0. The highest BCUT2D eigenvalue weighted by Gasteiger charge is 2.18. The minimum atomic E-state index is -3.55. The molecule has 1 atom stereocenters. The predicted molar refractivity (Wildman–Crippen MR) is 94.5 cm³/mol. The molecule has 0 spiro atoms. The lowest BCUT2D eigenvalue weighted by Gasteiger charge is -2.14. The van der Waals surface area contributed by atoms with Gasteiger partial charge < -0.3 is 5.32 Å². The molecule has 0 saturated carbocycles. The van der Waals surface area contributed by atoms with Crippen LogP contribution in [-0.4, -0.2) is 39.3 Å². The summed E-state index contributed by atoms with van der Waals surface area (Å²) in [4.78, 5) is 12.4. The standard InChI is InChI=1S/C18H22N2O3S/c1-14(15-8-5-4-6-9-15)13-19-18(21)16-10-7-11-17(12-16)24(22,23)20(2)3/h4-12,14H,13H2,1-3H3,(H,19,21)/t14-/m0/s1. The van der Waals surface area contributed by atoms with Crippen molar-refractivity contribution in [3.8, 4) is 0 Å². The first-order valence-electron chi connectivity index (χ1n) is 7.68. The summed E-state index contributed by atoms with van der Waals surface area (Å²) in [6, 6.07) is 16.0. The van der Waals surface area contributed by atoms with Gasteiger partial charge >= 0.3 is 0 Å². The molecule has 6 heteroatoms.